The quantitative estimate of drug-likeness (QED) is 0.529. The molecule has 0 saturated heterocycles. The van der Waals surface area contributed by atoms with Crippen LogP contribution >= 0.6 is 0 Å². The van der Waals surface area contributed by atoms with E-state index < -0.39 is 17.0 Å². The van der Waals surface area contributed by atoms with E-state index in [9.17, 15) is 19.7 Å². The Morgan fingerprint density at radius 2 is 1.63 bits per heavy atom. The van der Waals surface area contributed by atoms with Crippen LogP contribution in [-0.4, -0.2) is 23.7 Å². The fraction of sp³-hybridized carbons (Fsp3) is 0.222. The fourth-order valence-corrected chi connectivity index (χ4v) is 2.29. The van der Waals surface area contributed by atoms with Gasteiger partial charge in [-0.1, -0.05) is 12.1 Å². The number of nitro benzene ring substituents is 1. The number of ether oxygens (including phenoxy) is 1. The van der Waals surface area contributed by atoms with Crippen LogP contribution in [0.4, 0.5) is 32.3 Å². The predicted octanol–water partition coefficient (Wildman–Crippen LogP) is 4.42. The molecular formula is C18H20N4O5. The molecule has 0 saturated carbocycles. The van der Waals surface area contributed by atoms with Gasteiger partial charge in [0.15, 0.2) is 0 Å². The molecule has 0 aromatic heterocycles. The molecule has 0 heterocycles. The summed E-state index contributed by atoms with van der Waals surface area (Å²) < 4.78 is 4.81. The monoisotopic (exact) mass is 372 g/mol. The van der Waals surface area contributed by atoms with Crippen molar-refractivity contribution in [2.45, 2.75) is 20.8 Å². The Balaban J connectivity index is 2.10. The Morgan fingerprint density at radius 1 is 1.00 bits per heavy atom. The van der Waals surface area contributed by atoms with Crippen molar-refractivity contribution in [3.05, 3.63) is 57.6 Å². The molecule has 2 aromatic carbocycles. The lowest BCUT2D eigenvalue weighted by molar-refractivity contribution is -0.385. The Hall–Kier alpha value is -3.62. The van der Waals surface area contributed by atoms with Gasteiger partial charge in [0, 0.05) is 28.7 Å². The van der Waals surface area contributed by atoms with Crippen molar-refractivity contribution >= 4 is 34.9 Å². The van der Waals surface area contributed by atoms with Crippen molar-refractivity contribution in [1.29, 1.82) is 0 Å². The average molecular weight is 372 g/mol. The Bertz CT molecular complexity index is 882. The molecule has 0 aliphatic rings. The molecular weight excluding hydrogens is 352 g/mol. The van der Waals surface area contributed by atoms with Gasteiger partial charge in [-0.2, -0.15) is 0 Å². The van der Waals surface area contributed by atoms with Crippen LogP contribution < -0.4 is 16.0 Å². The predicted molar refractivity (Wildman–Crippen MR) is 102 cm³/mol. The van der Waals surface area contributed by atoms with Crippen molar-refractivity contribution in [2.24, 2.45) is 0 Å². The molecule has 9 heteroatoms. The van der Waals surface area contributed by atoms with Gasteiger partial charge in [-0.25, -0.2) is 9.59 Å². The van der Waals surface area contributed by atoms with Gasteiger partial charge in [-0.3, -0.25) is 15.4 Å². The summed E-state index contributed by atoms with van der Waals surface area (Å²) in [5.74, 6) is 0. The van der Waals surface area contributed by atoms with Crippen LogP contribution in [0.2, 0.25) is 0 Å². The third-order valence-electron chi connectivity index (χ3n) is 3.67. The second kappa shape index (κ2) is 8.65. The number of carbonyl (C=O) groups excluding carboxylic acids is 2. The van der Waals surface area contributed by atoms with E-state index in [1.807, 2.05) is 0 Å². The normalized spacial score (nSPS) is 10.0. The smallest absolute Gasteiger partial charge is 0.411 e. The summed E-state index contributed by atoms with van der Waals surface area (Å²) in [7, 11) is 0. The third kappa shape index (κ3) is 5.43. The number of rotatable bonds is 5. The molecule has 27 heavy (non-hydrogen) atoms. The summed E-state index contributed by atoms with van der Waals surface area (Å²) >= 11 is 0. The number of benzene rings is 2. The number of nitrogens with one attached hydrogen (secondary N) is 3. The minimum Gasteiger partial charge on any atom is -0.450 e. The number of urea groups is 1. The second-order valence-corrected chi connectivity index (χ2v) is 5.71. The topological polar surface area (TPSA) is 123 Å². The largest absolute Gasteiger partial charge is 0.450 e. The molecule has 0 aliphatic heterocycles. The molecule has 142 valence electrons. The van der Waals surface area contributed by atoms with Gasteiger partial charge < -0.3 is 15.4 Å². The average Bonchev–Trinajstić information content (AvgIpc) is 2.59. The lowest BCUT2D eigenvalue weighted by Gasteiger charge is -2.12. The van der Waals surface area contributed by atoms with Gasteiger partial charge in [0.25, 0.3) is 5.69 Å². The first-order valence-corrected chi connectivity index (χ1v) is 8.17. The van der Waals surface area contributed by atoms with Gasteiger partial charge in [0.2, 0.25) is 0 Å². The first kappa shape index (κ1) is 19.7. The molecule has 0 radical (unpaired) electrons. The maximum Gasteiger partial charge on any atom is 0.411 e. The summed E-state index contributed by atoms with van der Waals surface area (Å²) in [4.78, 5) is 34.2. The molecule has 2 rings (SSSR count). The lowest BCUT2D eigenvalue weighted by Crippen LogP contribution is -2.20. The van der Waals surface area contributed by atoms with Crippen molar-refractivity contribution < 1.29 is 19.2 Å². The van der Waals surface area contributed by atoms with Gasteiger partial charge in [-0.15, -0.1) is 0 Å². The number of amides is 3. The molecule has 0 fully saturated rings. The zero-order valence-electron chi connectivity index (χ0n) is 15.2. The van der Waals surface area contributed by atoms with Crippen molar-refractivity contribution in [1.82, 2.24) is 0 Å². The standard InChI is InChI=1S/C18H20N4O5/c1-4-27-18(24)20-13-7-5-11(2)15(9-13)21-17(23)19-14-8-6-12(3)16(10-14)22(25)26/h5-10H,4H2,1-3H3,(H,20,24)(H2,19,21,23). The van der Waals surface area contributed by atoms with Crippen LogP contribution in [0.3, 0.4) is 0 Å². The molecule has 2 aromatic rings. The van der Waals surface area contributed by atoms with Gasteiger partial charge in [-0.05, 0) is 44.5 Å². The lowest BCUT2D eigenvalue weighted by atomic mass is 10.1. The third-order valence-corrected chi connectivity index (χ3v) is 3.67. The summed E-state index contributed by atoms with van der Waals surface area (Å²) in [6.45, 7) is 5.35. The van der Waals surface area contributed by atoms with Gasteiger partial charge >= 0.3 is 12.1 Å². The fourth-order valence-electron chi connectivity index (χ4n) is 2.29. The maximum atomic E-state index is 12.2. The van der Waals surface area contributed by atoms with Crippen molar-refractivity contribution in [3.8, 4) is 0 Å². The number of nitro groups is 1. The molecule has 0 atom stereocenters. The van der Waals surface area contributed by atoms with E-state index in [0.717, 1.165) is 5.56 Å². The van der Waals surface area contributed by atoms with E-state index in [0.29, 0.717) is 22.6 Å². The Kier molecular flexibility index (Phi) is 6.32. The second-order valence-electron chi connectivity index (χ2n) is 5.71. The first-order valence-electron chi connectivity index (χ1n) is 8.17. The maximum absolute atomic E-state index is 12.2. The summed E-state index contributed by atoms with van der Waals surface area (Å²) in [6.07, 6.45) is -0.594. The van der Waals surface area contributed by atoms with E-state index >= 15 is 0 Å². The van der Waals surface area contributed by atoms with Gasteiger partial charge in [0.1, 0.15) is 0 Å². The number of carbonyl (C=O) groups is 2. The number of aryl methyl sites for hydroxylation is 2. The van der Waals surface area contributed by atoms with E-state index in [1.165, 1.54) is 6.07 Å². The van der Waals surface area contributed by atoms with Crippen LogP contribution in [0.15, 0.2) is 36.4 Å². The highest BCUT2D eigenvalue weighted by atomic mass is 16.6. The molecule has 0 bridgehead atoms. The summed E-state index contributed by atoms with van der Waals surface area (Å²) in [5, 5.41) is 18.8. The molecule has 3 amide bonds. The zero-order chi connectivity index (χ0) is 20.0. The van der Waals surface area contributed by atoms with Crippen molar-refractivity contribution in [3.63, 3.8) is 0 Å². The van der Waals surface area contributed by atoms with E-state index in [1.54, 1.807) is 51.1 Å². The van der Waals surface area contributed by atoms with Crippen LogP contribution in [0, 0.1) is 24.0 Å². The molecule has 3 N–H and O–H groups in total. The number of hydrogen-bond donors (Lipinski definition) is 3. The minimum atomic E-state index is -0.594. The number of hydrogen-bond acceptors (Lipinski definition) is 5. The highest BCUT2D eigenvalue weighted by Crippen LogP contribution is 2.24. The van der Waals surface area contributed by atoms with Crippen LogP contribution in [0.5, 0.6) is 0 Å². The van der Waals surface area contributed by atoms with Gasteiger partial charge in [0.05, 0.1) is 11.5 Å². The SMILES string of the molecule is CCOC(=O)Nc1ccc(C)c(NC(=O)Nc2ccc(C)c([N+](=O)[O-])c2)c1. The number of nitrogens with zero attached hydrogens (tertiary/aromatic N) is 1. The van der Waals surface area contributed by atoms with Crippen LogP contribution in [0.1, 0.15) is 18.1 Å². The van der Waals surface area contributed by atoms with E-state index in [2.05, 4.69) is 16.0 Å². The van der Waals surface area contributed by atoms with Crippen molar-refractivity contribution in [2.75, 3.05) is 22.6 Å². The summed E-state index contributed by atoms with van der Waals surface area (Å²) in [5.41, 5.74) is 2.42. The first-order chi connectivity index (χ1) is 12.8. The zero-order valence-corrected chi connectivity index (χ0v) is 15.2. The van der Waals surface area contributed by atoms with Crippen LogP contribution in [-0.2, 0) is 4.74 Å². The van der Waals surface area contributed by atoms with Crippen LogP contribution in [0.25, 0.3) is 0 Å². The molecule has 0 unspecified atom stereocenters. The summed E-state index contributed by atoms with van der Waals surface area (Å²) in [6, 6.07) is 8.86. The highest BCUT2D eigenvalue weighted by Gasteiger charge is 2.13. The minimum absolute atomic E-state index is 0.0791. The highest BCUT2D eigenvalue weighted by molar-refractivity contribution is 6.01. The Morgan fingerprint density at radius 3 is 2.26 bits per heavy atom. The molecule has 0 spiro atoms. The Labute approximate surface area is 155 Å². The molecule has 0 aliphatic carbocycles. The number of anilines is 3. The van der Waals surface area contributed by atoms with E-state index in [4.69, 9.17) is 4.74 Å². The van der Waals surface area contributed by atoms with E-state index in [-0.39, 0.29) is 12.3 Å². The molecule has 9 nitrogen and oxygen atoms in total.